The Kier molecular flexibility index (Phi) is 7.14. The largest absolute Gasteiger partial charge is 0.494 e. The van der Waals surface area contributed by atoms with Gasteiger partial charge in [-0.25, -0.2) is 4.98 Å². The molecule has 0 aliphatic heterocycles. The predicted octanol–water partition coefficient (Wildman–Crippen LogP) is 5.24. The molecule has 31 heavy (non-hydrogen) atoms. The lowest BCUT2D eigenvalue weighted by atomic mass is 9.94. The number of pyridine rings is 1. The summed E-state index contributed by atoms with van der Waals surface area (Å²) < 4.78 is 57.1. The average molecular weight is 433 g/mol. The number of hydrogen-bond acceptors (Lipinski definition) is 5. The van der Waals surface area contributed by atoms with Gasteiger partial charge in [-0.15, -0.1) is 0 Å². The van der Waals surface area contributed by atoms with E-state index in [1.807, 2.05) is 6.07 Å². The first kappa shape index (κ1) is 22.6. The Morgan fingerprint density at radius 2 is 1.58 bits per heavy atom. The molecule has 0 bridgehead atoms. The quantitative estimate of drug-likeness (QED) is 0.500. The first-order chi connectivity index (χ1) is 14.8. The van der Waals surface area contributed by atoms with E-state index < -0.39 is 18.4 Å². The second kappa shape index (κ2) is 9.80. The van der Waals surface area contributed by atoms with Crippen molar-refractivity contribution in [2.75, 3.05) is 13.2 Å². The standard InChI is InChI=1S/C23H22F3NO4/c1-2-30-19-13-11-17(12-14-19)22(28,23(24,25)26)16-29-15-18-7-6-10-21(27-18)31-20-8-4-3-5-9-20/h3-14,28H,2,15-16H2,1H3. The summed E-state index contributed by atoms with van der Waals surface area (Å²) >= 11 is 0. The van der Waals surface area contributed by atoms with Gasteiger partial charge in [0.25, 0.3) is 0 Å². The van der Waals surface area contributed by atoms with Crippen LogP contribution in [-0.2, 0) is 16.9 Å². The highest BCUT2D eigenvalue weighted by Gasteiger charge is 2.55. The van der Waals surface area contributed by atoms with E-state index in [-0.39, 0.29) is 18.1 Å². The molecule has 1 aromatic heterocycles. The second-order valence-corrected chi connectivity index (χ2v) is 6.69. The van der Waals surface area contributed by atoms with Crippen LogP contribution in [0, 0.1) is 0 Å². The molecule has 0 radical (unpaired) electrons. The lowest BCUT2D eigenvalue weighted by Gasteiger charge is -2.30. The topological polar surface area (TPSA) is 60.8 Å². The molecule has 0 saturated heterocycles. The Hall–Kier alpha value is -3.10. The molecule has 1 N–H and O–H groups in total. The molecule has 0 saturated carbocycles. The van der Waals surface area contributed by atoms with E-state index in [1.165, 1.54) is 24.3 Å². The maximum Gasteiger partial charge on any atom is 0.423 e. The molecule has 0 fully saturated rings. The van der Waals surface area contributed by atoms with E-state index in [9.17, 15) is 18.3 Å². The van der Waals surface area contributed by atoms with Crippen LogP contribution in [0.3, 0.4) is 0 Å². The molecule has 1 unspecified atom stereocenters. The predicted molar refractivity (Wildman–Crippen MR) is 108 cm³/mol. The van der Waals surface area contributed by atoms with Crippen molar-refractivity contribution < 1.29 is 32.5 Å². The number of nitrogens with zero attached hydrogens (tertiary/aromatic N) is 1. The summed E-state index contributed by atoms with van der Waals surface area (Å²) in [5, 5.41) is 10.4. The van der Waals surface area contributed by atoms with Gasteiger partial charge >= 0.3 is 6.18 Å². The Balaban J connectivity index is 1.68. The van der Waals surface area contributed by atoms with E-state index >= 15 is 0 Å². The third kappa shape index (κ3) is 5.74. The van der Waals surface area contributed by atoms with Crippen molar-refractivity contribution in [3.8, 4) is 17.4 Å². The van der Waals surface area contributed by atoms with Crippen LogP contribution < -0.4 is 9.47 Å². The number of benzene rings is 2. The normalized spacial score (nSPS) is 13.5. The molecular weight excluding hydrogens is 411 g/mol. The molecule has 0 amide bonds. The maximum absolute atomic E-state index is 13.7. The van der Waals surface area contributed by atoms with Crippen LogP contribution in [0.1, 0.15) is 18.2 Å². The first-order valence-electron chi connectivity index (χ1n) is 9.61. The first-order valence-corrected chi connectivity index (χ1v) is 9.61. The Bertz CT molecular complexity index is 965. The zero-order chi connectivity index (χ0) is 22.3. The SMILES string of the molecule is CCOc1ccc(C(O)(COCc2cccc(Oc3ccccc3)n2)C(F)(F)F)cc1. The lowest BCUT2D eigenvalue weighted by molar-refractivity contribution is -0.283. The maximum atomic E-state index is 13.7. The molecule has 1 atom stereocenters. The summed E-state index contributed by atoms with van der Waals surface area (Å²) in [5.74, 6) is 1.27. The van der Waals surface area contributed by atoms with Crippen LogP contribution in [-0.4, -0.2) is 29.5 Å². The molecule has 3 aromatic rings. The fourth-order valence-electron chi connectivity index (χ4n) is 2.83. The number of rotatable bonds is 9. The van der Waals surface area contributed by atoms with Gasteiger partial charge in [0, 0.05) is 6.07 Å². The van der Waals surface area contributed by atoms with Crippen LogP contribution in [0.4, 0.5) is 13.2 Å². The number of ether oxygens (including phenoxy) is 3. The highest BCUT2D eigenvalue weighted by molar-refractivity contribution is 5.32. The summed E-state index contributed by atoms with van der Waals surface area (Å²) in [7, 11) is 0. The number of alkyl halides is 3. The average Bonchev–Trinajstić information content (AvgIpc) is 2.75. The molecule has 8 heteroatoms. The number of halogens is 3. The van der Waals surface area contributed by atoms with Crippen LogP contribution in [0.15, 0.2) is 72.8 Å². The molecular formula is C23H22F3NO4. The van der Waals surface area contributed by atoms with Crippen molar-refractivity contribution in [3.05, 3.63) is 84.1 Å². The van der Waals surface area contributed by atoms with Gasteiger partial charge in [-0.2, -0.15) is 13.2 Å². The fraction of sp³-hybridized carbons (Fsp3) is 0.261. The van der Waals surface area contributed by atoms with Crippen LogP contribution in [0.5, 0.6) is 17.4 Å². The Morgan fingerprint density at radius 1 is 0.871 bits per heavy atom. The van der Waals surface area contributed by atoms with E-state index in [2.05, 4.69) is 4.98 Å². The Labute approximate surface area is 178 Å². The number of aromatic nitrogens is 1. The van der Waals surface area contributed by atoms with Gasteiger partial charge in [0.15, 0.2) is 0 Å². The van der Waals surface area contributed by atoms with Crippen LogP contribution in [0.25, 0.3) is 0 Å². The molecule has 0 spiro atoms. The zero-order valence-electron chi connectivity index (χ0n) is 16.8. The molecule has 2 aromatic carbocycles. The molecule has 5 nitrogen and oxygen atoms in total. The van der Waals surface area contributed by atoms with E-state index in [1.54, 1.807) is 49.4 Å². The minimum atomic E-state index is -4.94. The monoisotopic (exact) mass is 433 g/mol. The molecule has 0 aliphatic rings. The third-order valence-corrected chi connectivity index (χ3v) is 4.42. The number of aliphatic hydroxyl groups is 1. The summed E-state index contributed by atoms with van der Waals surface area (Å²) in [6.45, 7) is 0.922. The molecule has 3 rings (SSSR count). The van der Waals surface area contributed by atoms with Crippen molar-refractivity contribution in [2.45, 2.75) is 25.3 Å². The minimum absolute atomic E-state index is 0.235. The zero-order valence-corrected chi connectivity index (χ0v) is 16.8. The summed E-state index contributed by atoms with van der Waals surface area (Å²) in [5.41, 5.74) is -3.14. The minimum Gasteiger partial charge on any atom is -0.494 e. The fourth-order valence-corrected chi connectivity index (χ4v) is 2.83. The van der Waals surface area contributed by atoms with Crippen molar-refractivity contribution >= 4 is 0 Å². The van der Waals surface area contributed by atoms with Crippen molar-refractivity contribution in [1.29, 1.82) is 0 Å². The van der Waals surface area contributed by atoms with Crippen molar-refractivity contribution in [3.63, 3.8) is 0 Å². The molecule has 1 heterocycles. The smallest absolute Gasteiger partial charge is 0.423 e. The van der Waals surface area contributed by atoms with Crippen LogP contribution in [0.2, 0.25) is 0 Å². The second-order valence-electron chi connectivity index (χ2n) is 6.69. The van der Waals surface area contributed by atoms with E-state index in [4.69, 9.17) is 14.2 Å². The highest BCUT2D eigenvalue weighted by atomic mass is 19.4. The summed E-state index contributed by atoms with van der Waals surface area (Å²) in [6.07, 6.45) is -4.94. The number of hydrogen-bond donors (Lipinski definition) is 1. The van der Waals surface area contributed by atoms with Crippen molar-refractivity contribution in [2.24, 2.45) is 0 Å². The lowest BCUT2D eigenvalue weighted by Crippen LogP contribution is -2.46. The van der Waals surface area contributed by atoms with E-state index in [0.717, 1.165) is 0 Å². The number of para-hydroxylation sites is 1. The van der Waals surface area contributed by atoms with Crippen LogP contribution >= 0.6 is 0 Å². The summed E-state index contributed by atoms with van der Waals surface area (Å²) in [4.78, 5) is 4.23. The molecule has 0 aliphatic carbocycles. The van der Waals surface area contributed by atoms with Gasteiger partial charge in [0.2, 0.25) is 11.5 Å². The Morgan fingerprint density at radius 3 is 2.23 bits per heavy atom. The molecule has 164 valence electrons. The van der Waals surface area contributed by atoms with Gasteiger partial charge in [0.05, 0.1) is 25.5 Å². The van der Waals surface area contributed by atoms with Gasteiger partial charge in [-0.05, 0) is 42.8 Å². The third-order valence-electron chi connectivity index (χ3n) is 4.42. The highest BCUT2D eigenvalue weighted by Crippen LogP contribution is 2.40. The van der Waals surface area contributed by atoms with Gasteiger partial charge in [-0.3, -0.25) is 0 Å². The van der Waals surface area contributed by atoms with Gasteiger partial charge in [0.1, 0.15) is 11.5 Å². The van der Waals surface area contributed by atoms with E-state index in [0.29, 0.717) is 23.8 Å². The summed E-state index contributed by atoms with van der Waals surface area (Å²) in [6, 6.07) is 19.0. The van der Waals surface area contributed by atoms with Gasteiger partial charge in [-0.1, -0.05) is 36.4 Å². The van der Waals surface area contributed by atoms with Crippen molar-refractivity contribution in [1.82, 2.24) is 4.98 Å². The van der Waals surface area contributed by atoms with Gasteiger partial charge < -0.3 is 19.3 Å².